The zero-order valence-electron chi connectivity index (χ0n) is 14.0. The third-order valence-corrected chi connectivity index (χ3v) is 4.42. The van der Waals surface area contributed by atoms with Crippen molar-refractivity contribution in [1.29, 1.82) is 0 Å². The summed E-state index contributed by atoms with van der Waals surface area (Å²) in [4.78, 5) is 23.1. The molecule has 1 fully saturated rings. The zero-order chi connectivity index (χ0) is 18.8. The van der Waals surface area contributed by atoms with Crippen molar-refractivity contribution in [2.24, 2.45) is 0 Å². The Morgan fingerprint density at radius 3 is 2.81 bits per heavy atom. The molecule has 0 bridgehead atoms. The lowest BCUT2D eigenvalue weighted by atomic mass is 10.2. The van der Waals surface area contributed by atoms with E-state index < -0.39 is 11.7 Å². The first kappa shape index (κ1) is 17.3. The molecule has 0 unspecified atom stereocenters. The monoisotopic (exact) mass is 388 g/mol. The molecule has 1 N–H and O–H groups in total. The number of carbonyl (C=O) groups excluding carboxylic acids is 1. The van der Waals surface area contributed by atoms with E-state index in [9.17, 15) is 9.18 Å². The van der Waals surface area contributed by atoms with Crippen LogP contribution in [0, 0.1) is 5.82 Å². The predicted molar refractivity (Wildman–Crippen MR) is 95.6 cm³/mol. The lowest BCUT2D eigenvalue weighted by Gasteiger charge is -2.16. The van der Waals surface area contributed by atoms with Gasteiger partial charge in [0.05, 0.1) is 22.6 Å². The van der Waals surface area contributed by atoms with E-state index >= 15 is 0 Å². The number of nitrogens with zero attached hydrogens (tertiary/aromatic N) is 7. The van der Waals surface area contributed by atoms with Gasteiger partial charge < -0.3 is 10.2 Å². The highest BCUT2D eigenvalue weighted by molar-refractivity contribution is 6.34. The van der Waals surface area contributed by atoms with E-state index in [2.05, 4.69) is 30.8 Å². The van der Waals surface area contributed by atoms with E-state index in [1.54, 1.807) is 0 Å². The van der Waals surface area contributed by atoms with Crippen molar-refractivity contribution in [3.8, 4) is 5.69 Å². The van der Waals surface area contributed by atoms with Crippen molar-refractivity contribution in [3.05, 3.63) is 47.3 Å². The Kier molecular flexibility index (Phi) is 4.63. The number of halogens is 2. The van der Waals surface area contributed by atoms with Gasteiger partial charge in [0, 0.05) is 13.1 Å². The van der Waals surface area contributed by atoms with Crippen LogP contribution in [0.4, 0.5) is 16.0 Å². The Morgan fingerprint density at radius 1 is 1.26 bits per heavy atom. The summed E-state index contributed by atoms with van der Waals surface area (Å²) in [6, 6.07) is 4.12. The molecule has 0 saturated carbocycles. The summed E-state index contributed by atoms with van der Waals surface area (Å²) < 4.78 is 15.5. The molecule has 4 rings (SSSR count). The molecule has 3 heterocycles. The summed E-state index contributed by atoms with van der Waals surface area (Å²) in [6.45, 7) is 1.65. The smallest absolute Gasteiger partial charge is 0.276 e. The summed E-state index contributed by atoms with van der Waals surface area (Å²) in [7, 11) is 0. The van der Waals surface area contributed by atoms with E-state index in [1.165, 1.54) is 35.4 Å². The molecule has 1 aliphatic heterocycles. The van der Waals surface area contributed by atoms with E-state index in [4.69, 9.17) is 11.6 Å². The minimum absolute atomic E-state index is 0.0132. The summed E-state index contributed by atoms with van der Waals surface area (Å²) in [5, 5.41) is 13.4. The molecule has 9 nitrogen and oxygen atoms in total. The van der Waals surface area contributed by atoms with Crippen LogP contribution in [-0.4, -0.2) is 49.2 Å². The zero-order valence-corrected chi connectivity index (χ0v) is 14.8. The average Bonchev–Trinajstić information content (AvgIpc) is 3.38. The van der Waals surface area contributed by atoms with E-state index in [0.29, 0.717) is 11.6 Å². The molecule has 0 radical (unpaired) electrons. The molecule has 0 spiro atoms. The molecule has 1 amide bonds. The van der Waals surface area contributed by atoms with Crippen LogP contribution in [0.25, 0.3) is 5.69 Å². The molecule has 11 heteroatoms. The maximum atomic E-state index is 14.2. The maximum absolute atomic E-state index is 14.2. The normalized spacial score (nSPS) is 13.8. The topological polar surface area (TPSA) is 102 Å². The van der Waals surface area contributed by atoms with Crippen LogP contribution >= 0.6 is 11.6 Å². The third-order valence-electron chi connectivity index (χ3n) is 4.15. The second-order valence-corrected chi connectivity index (χ2v) is 6.34. The third kappa shape index (κ3) is 3.56. The fourth-order valence-corrected chi connectivity index (χ4v) is 2.98. The standard InChI is InChI=1S/C16H14ClFN8O/c17-11-8-19-16(25-5-1-2-6-25)22-14(11)15(27)21-13-7-10(3-4-12(13)18)26-9-20-23-24-26/h3-4,7-9H,1-2,5-6H2,(H,21,27). The molecule has 0 aliphatic carbocycles. The highest BCUT2D eigenvalue weighted by Gasteiger charge is 2.20. The van der Waals surface area contributed by atoms with Gasteiger partial charge in [-0.15, -0.1) is 5.10 Å². The number of nitrogens with one attached hydrogen (secondary N) is 1. The molecule has 27 heavy (non-hydrogen) atoms. The highest BCUT2D eigenvalue weighted by atomic mass is 35.5. The first-order chi connectivity index (χ1) is 13.1. The second kappa shape index (κ2) is 7.23. The van der Waals surface area contributed by atoms with Gasteiger partial charge in [-0.3, -0.25) is 4.79 Å². The van der Waals surface area contributed by atoms with Crippen molar-refractivity contribution in [1.82, 2.24) is 30.2 Å². The summed E-state index contributed by atoms with van der Waals surface area (Å²) >= 11 is 6.09. The summed E-state index contributed by atoms with van der Waals surface area (Å²) in [5.74, 6) is -0.800. The van der Waals surface area contributed by atoms with Crippen molar-refractivity contribution in [2.45, 2.75) is 12.8 Å². The molecule has 138 valence electrons. The first-order valence-corrected chi connectivity index (χ1v) is 8.61. The second-order valence-electron chi connectivity index (χ2n) is 5.93. The van der Waals surface area contributed by atoms with Crippen LogP contribution in [0.15, 0.2) is 30.7 Å². The number of hydrogen-bond acceptors (Lipinski definition) is 7. The van der Waals surface area contributed by atoms with E-state index in [0.717, 1.165) is 25.9 Å². The number of anilines is 2. The summed E-state index contributed by atoms with van der Waals surface area (Å²) in [6.07, 6.45) is 4.83. The fourth-order valence-electron chi connectivity index (χ4n) is 2.80. The lowest BCUT2D eigenvalue weighted by molar-refractivity contribution is 0.102. The number of benzene rings is 1. The van der Waals surface area contributed by atoms with Gasteiger partial charge in [-0.25, -0.2) is 19.0 Å². The Hall–Kier alpha value is -3.14. The highest BCUT2D eigenvalue weighted by Crippen LogP contribution is 2.23. The molecule has 3 aromatic rings. The van der Waals surface area contributed by atoms with Crippen molar-refractivity contribution in [2.75, 3.05) is 23.3 Å². The van der Waals surface area contributed by atoms with Gasteiger partial charge >= 0.3 is 0 Å². The van der Waals surface area contributed by atoms with Crippen LogP contribution < -0.4 is 10.2 Å². The predicted octanol–water partition coefficient (Wildman–Crippen LogP) is 2.10. The lowest BCUT2D eigenvalue weighted by Crippen LogP contribution is -2.23. The van der Waals surface area contributed by atoms with E-state index in [-0.39, 0.29) is 16.4 Å². The Balaban J connectivity index is 1.61. The Morgan fingerprint density at radius 2 is 2.07 bits per heavy atom. The number of rotatable bonds is 4. The number of amides is 1. The van der Waals surface area contributed by atoms with Gasteiger partial charge in [0.25, 0.3) is 5.91 Å². The molecule has 1 aromatic carbocycles. The van der Waals surface area contributed by atoms with Crippen LogP contribution in [0.2, 0.25) is 5.02 Å². The number of carbonyl (C=O) groups is 1. The minimum Gasteiger partial charge on any atom is -0.341 e. The number of aromatic nitrogens is 6. The van der Waals surface area contributed by atoms with Crippen molar-refractivity contribution >= 4 is 29.1 Å². The van der Waals surface area contributed by atoms with Gasteiger partial charge in [0.2, 0.25) is 5.95 Å². The van der Waals surface area contributed by atoms with Crippen molar-refractivity contribution in [3.63, 3.8) is 0 Å². The van der Waals surface area contributed by atoms with Gasteiger partial charge in [-0.1, -0.05) is 11.6 Å². The minimum atomic E-state index is -0.629. The van der Waals surface area contributed by atoms with Gasteiger partial charge in [0.1, 0.15) is 12.1 Å². The SMILES string of the molecule is O=C(Nc1cc(-n2cnnn2)ccc1F)c1nc(N2CCCC2)ncc1Cl. The van der Waals surface area contributed by atoms with Gasteiger partial charge in [0.15, 0.2) is 5.69 Å². The Bertz CT molecular complexity index is 975. The van der Waals surface area contributed by atoms with Crippen LogP contribution in [-0.2, 0) is 0 Å². The number of hydrogen-bond donors (Lipinski definition) is 1. The summed E-state index contributed by atoms with van der Waals surface area (Å²) in [5.41, 5.74) is 0.439. The van der Waals surface area contributed by atoms with Gasteiger partial charge in [-0.05, 0) is 41.5 Å². The maximum Gasteiger partial charge on any atom is 0.276 e. The molecular formula is C16H14ClFN8O. The van der Waals surface area contributed by atoms with Crippen LogP contribution in [0.5, 0.6) is 0 Å². The van der Waals surface area contributed by atoms with Crippen LogP contribution in [0.1, 0.15) is 23.3 Å². The largest absolute Gasteiger partial charge is 0.341 e. The molecule has 2 aromatic heterocycles. The molecule has 1 aliphatic rings. The quantitative estimate of drug-likeness (QED) is 0.730. The van der Waals surface area contributed by atoms with Crippen molar-refractivity contribution < 1.29 is 9.18 Å². The first-order valence-electron chi connectivity index (χ1n) is 8.23. The number of tetrazole rings is 1. The fraction of sp³-hybridized carbons (Fsp3) is 0.250. The molecule has 0 atom stereocenters. The molecule has 1 saturated heterocycles. The van der Waals surface area contributed by atoms with Gasteiger partial charge in [-0.2, -0.15) is 0 Å². The average molecular weight is 389 g/mol. The molecular weight excluding hydrogens is 375 g/mol. The van der Waals surface area contributed by atoms with E-state index in [1.807, 2.05) is 4.90 Å². The van der Waals surface area contributed by atoms with Crippen LogP contribution in [0.3, 0.4) is 0 Å². The Labute approximate surface area is 158 Å².